The maximum Gasteiger partial charge on any atom is 0.393 e. The van der Waals surface area contributed by atoms with Crippen LogP contribution in [0.25, 0.3) is 0 Å². The van der Waals surface area contributed by atoms with Crippen molar-refractivity contribution in [2.75, 3.05) is 13.7 Å². The van der Waals surface area contributed by atoms with E-state index in [4.69, 9.17) is 21.1 Å². The van der Waals surface area contributed by atoms with Gasteiger partial charge in [-0.2, -0.15) is 13.2 Å². The van der Waals surface area contributed by atoms with Gasteiger partial charge in [-0.05, 0) is 31.4 Å². The molecule has 1 aromatic carbocycles. The Kier molecular flexibility index (Phi) is 7.03. The Morgan fingerprint density at radius 3 is 2.62 bits per heavy atom. The lowest BCUT2D eigenvalue weighted by Crippen LogP contribution is -2.47. The van der Waals surface area contributed by atoms with E-state index in [-0.39, 0.29) is 22.8 Å². The summed E-state index contributed by atoms with van der Waals surface area (Å²) < 4.78 is 50.3. The van der Waals surface area contributed by atoms with Gasteiger partial charge < -0.3 is 14.8 Å². The summed E-state index contributed by atoms with van der Waals surface area (Å²) in [5, 5.41) is 2.70. The monoisotopic (exact) mass is 393 g/mol. The Hall–Kier alpha value is -1.63. The van der Waals surface area contributed by atoms with Crippen LogP contribution >= 0.6 is 11.6 Å². The van der Waals surface area contributed by atoms with E-state index in [2.05, 4.69) is 5.32 Å². The molecule has 2 rings (SSSR count). The summed E-state index contributed by atoms with van der Waals surface area (Å²) in [6, 6.07) is 1.88. The van der Waals surface area contributed by atoms with E-state index >= 15 is 0 Å². The number of methoxy groups -OCH3 is 1. The highest BCUT2D eigenvalue weighted by Gasteiger charge is 2.46. The number of hydrogen-bond acceptors (Lipinski definition) is 3. The van der Waals surface area contributed by atoms with Gasteiger partial charge in [-0.25, -0.2) is 0 Å². The fraction of sp³-hybridized carbons (Fsp3) is 0.611. The van der Waals surface area contributed by atoms with Gasteiger partial charge in [-0.1, -0.05) is 31.4 Å². The Bertz CT molecular complexity index is 637. The van der Waals surface area contributed by atoms with Crippen LogP contribution in [-0.2, 0) is 0 Å². The second-order valence-electron chi connectivity index (χ2n) is 6.35. The van der Waals surface area contributed by atoms with Crippen molar-refractivity contribution in [1.82, 2.24) is 5.32 Å². The van der Waals surface area contributed by atoms with Crippen LogP contribution in [0.15, 0.2) is 12.1 Å². The van der Waals surface area contributed by atoms with Crippen LogP contribution in [0.1, 0.15) is 49.4 Å². The third-order valence-corrected chi connectivity index (χ3v) is 4.73. The minimum Gasteiger partial charge on any atom is -0.493 e. The number of nitrogens with one attached hydrogen (secondary N) is 1. The molecule has 26 heavy (non-hydrogen) atoms. The average molecular weight is 394 g/mol. The molecule has 1 amide bonds. The molecular formula is C18H23ClF3NO3. The summed E-state index contributed by atoms with van der Waals surface area (Å²) >= 11 is 6.17. The van der Waals surface area contributed by atoms with E-state index in [0.717, 1.165) is 6.42 Å². The van der Waals surface area contributed by atoms with Gasteiger partial charge in [0.2, 0.25) is 0 Å². The molecule has 0 aliphatic heterocycles. The first kappa shape index (κ1) is 20.7. The van der Waals surface area contributed by atoms with Crippen molar-refractivity contribution in [1.29, 1.82) is 0 Å². The van der Waals surface area contributed by atoms with Gasteiger partial charge in [0.15, 0.2) is 11.5 Å². The largest absolute Gasteiger partial charge is 0.493 e. The quantitative estimate of drug-likeness (QED) is 0.740. The standard InChI is InChI=1S/C18H23ClF3NO3/c1-3-8-26-16-13(19)9-11(10-15(16)25-2)17(24)23-14-7-5-4-6-12(14)18(20,21)22/h9-10,12,14H,3-8H2,1-2H3,(H,23,24). The zero-order chi connectivity index (χ0) is 19.3. The van der Waals surface area contributed by atoms with E-state index < -0.39 is 24.0 Å². The van der Waals surface area contributed by atoms with Crippen LogP contribution in [0.3, 0.4) is 0 Å². The molecule has 1 aliphatic rings. The first-order valence-corrected chi connectivity index (χ1v) is 9.03. The molecule has 1 aliphatic carbocycles. The highest BCUT2D eigenvalue weighted by atomic mass is 35.5. The molecule has 8 heteroatoms. The summed E-state index contributed by atoms with van der Waals surface area (Å²) in [7, 11) is 1.41. The predicted octanol–water partition coefficient (Wildman–Crippen LogP) is 4.99. The van der Waals surface area contributed by atoms with Crippen molar-refractivity contribution < 1.29 is 27.4 Å². The van der Waals surface area contributed by atoms with Crippen molar-refractivity contribution in [2.45, 2.75) is 51.2 Å². The molecule has 1 N–H and O–H groups in total. The lowest BCUT2D eigenvalue weighted by molar-refractivity contribution is -0.187. The van der Waals surface area contributed by atoms with Crippen molar-refractivity contribution in [3.05, 3.63) is 22.7 Å². The highest BCUT2D eigenvalue weighted by molar-refractivity contribution is 6.32. The second kappa shape index (κ2) is 8.84. The van der Waals surface area contributed by atoms with E-state index in [0.29, 0.717) is 31.6 Å². The topological polar surface area (TPSA) is 47.6 Å². The molecule has 0 heterocycles. The normalized spacial score (nSPS) is 20.5. The first-order chi connectivity index (χ1) is 12.3. The maximum atomic E-state index is 13.2. The smallest absolute Gasteiger partial charge is 0.393 e. The van der Waals surface area contributed by atoms with E-state index in [1.807, 2.05) is 6.92 Å². The Morgan fingerprint density at radius 1 is 1.31 bits per heavy atom. The molecule has 1 fully saturated rings. The summed E-state index contributed by atoms with van der Waals surface area (Å²) in [6.07, 6.45) is -2.06. The molecule has 0 radical (unpaired) electrons. The van der Waals surface area contributed by atoms with Crippen LogP contribution in [-0.4, -0.2) is 31.8 Å². The fourth-order valence-electron chi connectivity index (χ4n) is 3.14. The van der Waals surface area contributed by atoms with Gasteiger partial charge in [0.1, 0.15) is 0 Å². The molecule has 4 nitrogen and oxygen atoms in total. The SMILES string of the molecule is CCCOc1c(Cl)cc(C(=O)NC2CCCCC2C(F)(F)F)cc1OC. The summed E-state index contributed by atoms with van der Waals surface area (Å²) in [5.41, 5.74) is 0.141. The number of halogens is 4. The fourth-order valence-corrected chi connectivity index (χ4v) is 3.41. The number of carbonyl (C=O) groups excluding carboxylic acids is 1. The van der Waals surface area contributed by atoms with Crippen molar-refractivity contribution in [3.63, 3.8) is 0 Å². The third kappa shape index (κ3) is 4.96. The summed E-state index contributed by atoms with van der Waals surface area (Å²) in [4.78, 5) is 12.5. The minimum atomic E-state index is -4.33. The predicted molar refractivity (Wildman–Crippen MR) is 93.1 cm³/mol. The molecule has 0 aromatic heterocycles. The van der Waals surface area contributed by atoms with Crippen LogP contribution in [0.4, 0.5) is 13.2 Å². The number of ether oxygens (including phenoxy) is 2. The van der Waals surface area contributed by atoms with Gasteiger partial charge in [-0.15, -0.1) is 0 Å². The Labute approximate surface area is 156 Å². The zero-order valence-electron chi connectivity index (χ0n) is 14.8. The highest BCUT2D eigenvalue weighted by Crippen LogP contribution is 2.39. The molecule has 1 saturated carbocycles. The van der Waals surface area contributed by atoms with Gasteiger partial charge >= 0.3 is 6.18 Å². The maximum absolute atomic E-state index is 13.2. The van der Waals surface area contributed by atoms with Gasteiger partial charge in [0.25, 0.3) is 5.91 Å². The number of rotatable bonds is 6. The number of alkyl halides is 3. The van der Waals surface area contributed by atoms with E-state index in [9.17, 15) is 18.0 Å². The average Bonchev–Trinajstić information content (AvgIpc) is 2.59. The van der Waals surface area contributed by atoms with Crippen molar-refractivity contribution in [3.8, 4) is 11.5 Å². The van der Waals surface area contributed by atoms with Crippen LogP contribution < -0.4 is 14.8 Å². The summed E-state index contributed by atoms with van der Waals surface area (Å²) in [5.74, 6) is -1.54. The molecule has 0 saturated heterocycles. The van der Waals surface area contributed by atoms with Gasteiger partial charge in [-0.3, -0.25) is 4.79 Å². The third-order valence-electron chi connectivity index (χ3n) is 4.45. The molecule has 0 spiro atoms. The van der Waals surface area contributed by atoms with Crippen molar-refractivity contribution >= 4 is 17.5 Å². The van der Waals surface area contributed by atoms with Gasteiger partial charge in [0.05, 0.1) is 24.7 Å². The number of amides is 1. The molecule has 2 unspecified atom stereocenters. The van der Waals surface area contributed by atoms with Crippen LogP contribution in [0.5, 0.6) is 11.5 Å². The van der Waals surface area contributed by atoms with E-state index in [1.54, 1.807) is 0 Å². The molecule has 1 aromatic rings. The minimum absolute atomic E-state index is 0.0301. The molecule has 0 bridgehead atoms. The molecule has 146 valence electrons. The van der Waals surface area contributed by atoms with Crippen LogP contribution in [0, 0.1) is 5.92 Å². The number of carbonyl (C=O) groups is 1. The van der Waals surface area contributed by atoms with E-state index in [1.165, 1.54) is 19.2 Å². The van der Waals surface area contributed by atoms with Crippen LogP contribution in [0.2, 0.25) is 5.02 Å². The van der Waals surface area contributed by atoms with Gasteiger partial charge in [0, 0.05) is 11.6 Å². The Morgan fingerprint density at radius 2 is 2.00 bits per heavy atom. The zero-order valence-corrected chi connectivity index (χ0v) is 15.5. The summed E-state index contributed by atoms with van der Waals surface area (Å²) in [6.45, 7) is 2.36. The number of hydrogen-bond donors (Lipinski definition) is 1. The molecule has 2 atom stereocenters. The van der Waals surface area contributed by atoms with Crippen molar-refractivity contribution in [2.24, 2.45) is 5.92 Å². The first-order valence-electron chi connectivity index (χ1n) is 8.65. The lowest BCUT2D eigenvalue weighted by Gasteiger charge is -2.33. The Balaban J connectivity index is 2.19. The second-order valence-corrected chi connectivity index (χ2v) is 6.76. The molecular weight excluding hydrogens is 371 g/mol. The number of benzene rings is 1. The lowest BCUT2D eigenvalue weighted by atomic mass is 9.84.